The highest BCUT2D eigenvalue weighted by atomic mass is 16.6. The Morgan fingerprint density at radius 3 is 2.56 bits per heavy atom. The first-order valence-electron chi connectivity index (χ1n) is 13.7. The molecule has 12 nitrogen and oxygen atoms in total. The van der Waals surface area contributed by atoms with Gasteiger partial charge in [0.2, 0.25) is 5.91 Å². The van der Waals surface area contributed by atoms with Crippen molar-refractivity contribution in [1.29, 1.82) is 5.26 Å². The lowest BCUT2D eigenvalue weighted by Gasteiger charge is -2.30. The fraction of sp³-hybridized carbons (Fsp3) is 0.483. The third-order valence-electron chi connectivity index (χ3n) is 7.50. The summed E-state index contributed by atoms with van der Waals surface area (Å²) >= 11 is 0. The van der Waals surface area contributed by atoms with Crippen molar-refractivity contribution in [3.05, 3.63) is 48.4 Å². The fourth-order valence-electron chi connectivity index (χ4n) is 5.63. The van der Waals surface area contributed by atoms with Crippen molar-refractivity contribution in [3.8, 4) is 29.0 Å². The Kier molecular flexibility index (Phi) is 7.88. The normalized spacial score (nSPS) is 20.7. The van der Waals surface area contributed by atoms with Crippen LogP contribution < -0.4 is 10.1 Å². The average molecular weight is 559 g/mol. The molecule has 1 aliphatic carbocycles. The van der Waals surface area contributed by atoms with E-state index in [4.69, 9.17) is 9.47 Å². The molecule has 5 rings (SSSR count). The van der Waals surface area contributed by atoms with Crippen LogP contribution in [0.5, 0.6) is 6.01 Å². The number of fused-ring (bicyclic) bond motifs is 1. The molecular weight excluding hydrogens is 524 g/mol. The van der Waals surface area contributed by atoms with Gasteiger partial charge in [-0.3, -0.25) is 9.69 Å². The monoisotopic (exact) mass is 558 g/mol. The van der Waals surface area contributed by atoms with Crippen molar-refractivity contribution in [3.63, 3.8) is 0 Å². The van der Waals surface area contributed by atoms with E-state index in [-0.39, 0.29) is 23.8 Å². The molecule has 2 amide bonds. The number of rotatable bonds is 7. The number of nitrogens with zero attached hydrogens (tertiary/aromatic N) is 7. The van der Waals surface area contributed by atoms with Gasteiger partial charge in [0.25, 0.3) is 0 Å². The van der Waals surface area contributed by atoms with E-state index >= 15 is 0 Å². The van der Waals surface area contributed by atoms with Crippen LogP contribution in [0.3, 0.4) is 0 Å². The Bertz CT molecular complexity index is 1420. The van der Waals surface area contributed by atoms with Crippen LogP contribution >= 0.6 is 0 Å². The van der Waals surface area contributed by atoms with Gasteiger partial charge in [-0.2, -0.15) is 5.26 Å². The Hall–Kier alpha value is -4.53. The second-order valence-corrected chi connectivity index (χ2v) is 11.5. The van der Waals surface area contributed by atoms with E-state index in [1.165, 1.54) is 7.11 Å². The molecule has 0 bridgehead atoms. The van der Waals surface area contributed by atoms with Crippen molar-refractivity contribution < 1.29 is 19.1 Å². The van der Waals surface area contributed by atoms with E-state index in [0.717, 1.165) is 30.5 Å². The van der Waals surface area contributed by atoms with E-state index < -0.39 is 23.8 Å². The minimum absolute atomic E-state index is 0.0817. The Labute approximate surface area is 238 Å². The number of hydrogen-bond donors (Lipinski definition) is 1. The summed E-state index contributed by atoms with van der Waals surface area (Å²) in [5.41, 5.74) is 2.32. The van der Waals surface area contributed by atoms with Gasteiger partial charge >= 0.3 is 12.1 Å². The number of hydrogen-bond acceptors (Lipinski definition) is 9. The van der Waals surface area contributed by atoms with Crippen LogP contribution in [-0.2, 0) is 16.0 Å². The van der Waals surface area contributed by atoms with E-state index in [0.29, 0.717) is 24.2 Å². The van der Waals surface area contributed by atoms with Gasteiger partial charge in [-0.25, -0.2) is 19.4 Å². The predicted molar refractivity (Wildman–Crippen MR) is 148 cm³/mol. The number of ether oxygens (including phenoxy) is 2. The molecule has 1 N–H and O–H groups in total. The molecule has 12 heteroatoms. The summed E-state index contributed by atoms with van der Waals surface area (Å²) in [4.78, 5) is 36.2. The summed E-state index contributed by atoms with van der Waals surface area (Å²) < 4.78 is 12.2. The van der Waals surface area contributed by atoms with Gasteiger partial charge in [-0.15, -0.1) is 5.10 Å². The van der Waals surface area contributed by atoms with Crippen LogP contribution in [0.25, 0.3) is 16.9 Å². The molecule has 3 aromatic rings. The standard InChI is InChI=1S/C29H34N8O4/c1-29(2,3)41-28(39)36-16-19-6-5-7-23(19)25(36)26(38)33-21(13-30)12-18-8-10-22(11-9-18)37-17-24(34-35-37)20-14-31-27(40-4)32-15-20/h8-11,14-15,17,19,21,23,25H,5-7,12,16H2,1-4H3,(H,33,38)/t19?,21-,23-,25-/m0/s1. The zero-order valence-corrected chi connectivity index (χ0v) is 23.6. The Morgan fingerprint density at radius 1 is 1.17 bits per heavy atom. The SMILES string of the molecule is COc1ncc(-c2cn(-c3ccc(C[C@@H](C#N)NC(=O)[C@@H]4[C@H]5CCCC5CN4C(=O)OC(C)(C)C)cc3)nn2)cn1. The number of carbonyl (C=O) groups excluding carboxylic acids is 2. The van der Waals surface area contributed by atoms with Crippen molar-refractivity contribution in [2.45, 2.75) is 64.1 Å². The largest absolute Gasteiger partial charge is 0.467 e. The van der Waals surface area contributed by atoms with Gasteiger partial charge in [0.05, 0.1) is 25.1 Å². The predicted octanol–water partition coefficient (Wildman–Crippen LogP) is 3.32. The van der Waals surface area contributed by atoms with Gasteiger partial charge < -0.3 is 14.8 Å². The maximum atomic E-state index is 13.5. The molecule has 1 aliphatic heterocycles. The van der Waals surface area contributed by atoms with E-state index in [2.05, 4.69) is 31.7 Å². The third-order valence-corrected chi connectivity index (χ3v) is 7.50. The van der Waals surface area contributed by atoms with Crippen molar-refractivity contribution in [2.24, 2.45) is 11.8 Å². The van der Waals surface area contributed by atoms with Crippen molar-refractivity contribution in [2.75, 3.05) is 13.7 Å². The lowest BCUT2D eigenvalue weighted by molar-refractivity contribution is -0.127. The molecule has 3 heterocycles. The zero-order chi connectivity index (χ0) is 29.1. The first-order valence-corrected chi connectivity index (χ1v) is 13.7. The molecule has 41 heavy (non-hydrogen) atoms. The summed E-state index contributed by atoms with van der Waals surface area (Å²) in [6.07, 6.45) is 7.76. The quantitative estimate of drug-likeness (QED) is 0.461. The number of likely N-dealkylation sites (tertiary alicyclic amines) is 1. The lowest BCUT2D eigenvalue weighted by atomic mass is 9.93. The molecule has 2 aliphatic rings. The van der Waals surface area contributed by atoms with Crippen LogP contribution in [0.15, 0.2) is 42.9 Å². The zero-order valence-electron chi connectivity index (χ0n) is 23.6. The third kappa shape index (κ3) is 6.29. The second kappa shape index (κ2) is 11.5. The van der Waals surface area contributed by atoms with Crippen LogP contribution in [0.4, 0.5) is 4.79 Å². The van der Waals surface area contributed by atoms with Gasteiger partial charge in [0.1, 0.15) is 23.4 Å². The molecule has 214 valence electrons. The number of amides is 2. The van der Waals surface area contributed by atoms with Gasteiger partial charge in [-0.1, -0.05) is 23.8 Å². The Balaban J connectivity index is 1.23. The minimum atomic E-state index is -0.748. The number of nitrogens with one attached hydrogen (secondary N) is 1. The summed E-state index contributed by atoms with van der Waals surface area (Å²) in [5.74, 6) is 0.0603. The summed E-state index contributed by atoms with van der Waals surface area (Å²) in [6, 6.07) is 8.63. The molecule has 1 unspecified atom stereocenters. The van der Waals surface area contributed by atoms with Crippen LogP contribution in [0, 0.1) is 23.2 Å². The highest BCUT2D eigenvalue weighted by molar-refractivity contribution is 5.87. The molecule has 1 saturated carbocycles. The molecule has 1 saturated heterocycles. The van der Waals surface area contributed by atoms with E-state index in [1.807, 2.05) is 45.0 Å². The van der Waals surface area contributed by atoms with Crippen molar-refractivity contribution >= 4 is 12.0 Å². The number of nitriles is 1. The van der Waals surface area contributed by atoms with Crippen LogP contribution in [0.2, 0.25) is 0 Å². The first kappa shape index (κ1) is 28.0. The average Bonchev–Trinajstić information content (AvgIpc) is 3.69. The molecular formula is C29H34N8O4. The highest BCUT2D eigenvalue weighted by Crippen LogP contribution is 2.42. The number of carbonyl (C=O) groups is 2. The highest BCUT2D eigenvalue weighted by Gasteiger charge is 2.50. The fourth-order valence-corrected chi connectivity index (χ4v) is 5.63. The Morgan fingerprint density at radius 2 is 1.90 bits per heavy atom. The topological polar surface area (TPSA) is 148 Å². The molecule has 4 atom stereocenters. The second-order valence-electron chi connectivity index (χ2n) is 11.5. The minimum Gasteiger partial charge on any atom is -0.467 e. The summed E-state index contributed by atoms with van der Waals surface area (Å²) in [7, 11) is 1.50. The van der Waals surface area contributed by atoms with Gasteiger partial charge in [-0.05, 0) is 63.1 Å². The number of aromatic nitrogens is 5. The van der Waals surface area contributed by atoms with Crippen molar-refractivity contribution in [1.82, 2.24) is 35.2 Å². The molecule has 1 aromatic carbocycles. The molecule has 2 aromatic heterocycles. The summed E-state index contributed by atoms with van der Waals surface area (Å²) in [6.45, 7) is 5.94. The van der Waals surface area contributed by atoms with Crippen LogP contribution in [-0.4, -0.2) is 73.2 Å². The van der Waals surface area contributed by atoms with Gasteiger partial charge in [0, 0.05) is 30.9 Å². The maximum Gasteiger partial charge on any atom is 0.410 e. The lowest BCUT2D eigenvalue weighted by Crippen LogP contribution is -2.52. The molecule has 0 spiro atoms. The number of methoxy groups -OCH3 is 1. The van der Waals surface area contributed by atoms with E-state index in [9.17, 15) is 14.9 Å². The maximum absolute atomic E-state index is 13.5. The van der Waals surface area contributed by atoms with E-state index in [1.54, 1.807) is 28.2 Å². The van der Waals surface area contributed by atoms with Crippen LogP contribution in [0.1, 0.15) is 45.6 Å². The first-order chi connectivity index (χ1) is 19.6. The van der Waals surface area contributed by atoms with Gasteiger partial charge in [0.15, 0.2) is 0 Å². The molecule has 0 radical (unpaired) electrons. The molecule has 2 fully saturated rings. The smallest absolute Gasteiger partial charge is 0.410 e. The number of benzene rings is 1. The summed E-state index contributed by atoms with van der Waals surface area (Å²) in [5, 5.41) is 21.1.